The molecule has 3 N–H and O–H groups in total. The number of rotatable bonds is 5. The van der Waals surface area contributed by atoms with E-state index in [1.807, 2.05) is 24.3 Å². The highest BCUT2D eigenvalue weighted by Gasteiger charge is 2.35. The largest absolute Gasteiger partial charge is 0.496 e. The second kappa shape index (κ2) is 6.79. The summed E-state index contributed by atoms with van der Waals surface area (Å²) in [6.07, 6.45) is 2.52. The molecule has 5 heteroatoms. The molecule has 2 amide bonds. The highest BCUT2D eigenvalue weighted by molar-refractivity contribution is 5.74. The topological polar surface area (TPSA) is 70.6 Å². The van der Waals surface area contributed by atoms with Crippen molar-refractivity contribution in [3.05, 3.63) is 29.8 Å². The standard InChI is InChI=1S/C18H28N2O3/c1-17(2,3)15(13-8-5-6-9-14(13)23-4)20-16(21)19-12-18(22)10-7-11-18/h5-6,8-9,15,22H,7,10-12H2,1-4H3,(H2,19,20,21). The lowest BCUT2D eigenvalue weighted by atomic mass is 9.80. The zero-order chi connectivity index (χ0) is 17.1. The Hall–Kier alpha value is -1.75. The van der Waals surface area contributed by atoms with E-state index in [-0.39, 0.29) is 17.5 Å². The van der Waals surface area contributed by atoms with Crippen LogP contribution in [0.25, 0.3) is 0 Å². The summed E-state index contributed by atoms with van der Waals surface area (Å²) >= 11 is 0. The maximum absolute atomic E-state index is 12.3. The van der Waals surface area contributed by atoms with Gasteiger partial charge in [-0.05, 0) is 30.7 Å². The number of urea groups is 1. The van der Waals surface area contributed by atoms with E-state index >= 15 is 0 Å². The van der Waals surface area contributed by atoms with Gasteiger partial charge in [0.2, 0.25) is 0 Å². The number of hydrogen-bond donors (Lipinski definition) is 3. The molecule has 5 nitrogen and oxygen atoms in total. The number of methoxy groups -OCH3 is 1. The SMILES string of the molecule is COc1ccccc1C(NC(=O)NCC1(O)CCC1)C(C)(C)C. The molecule has 1 unspecified atom stereocenters. The lowest BCUT2D eigenvalue weighted by Gasteiger charge is -2.37. The Morgan fingerprint density at radius 1 is 1.35 bits per heavy atom. The summed E-state index contributed by atoms with van der Waals surface area (Å²) in [5, 5.41) is 15.9. The second-order valence-electron chi connectivity index (χ2n) is 7.45. The van der Waals surface area contributed by atoms with Gasteiger partial charge in [0.25, 0.3) is 0 Å². The van der Waals surface area contributed by atoms with Gasteiger partial charge in [-0.1, -0.05) is 39.0 Å². The summed E-state index contributed by atoms with van der Waals surface area (Å²) in [5.74, 6) is 0.755. The Balaban J connectivity index is 2.08. The van der Waals surface area contributed by atoms with Gasteiger partial charge in [-0.3, -0.25) is 0 Å². The molecule has 0 bridgehead atoms. The monoisotopic (exact) mass is 320 g/mol. The van der Waals surface area contributed by atoms with E-state index in [0.717, 1.165) is 30.6 Å². The van der Waals surface area contributed by atoms with Crippen LogP contribution in [0.1, 0.15) is 51.6 Å². The van der Waals surface area contributed by atoms with Crippen molar-refractivity contribution in [1.29, 1.82) is 0 Å². The highest BCUT2D eigenvalue weighted by atomic mass is 16.5. The van der Waals surface area contributed by atoms with Crippen molar-refractivity contribution >= 4 is 6.03 Å². The number of benzene rings is 1. The molecule has 1 aromatic carbocycles. The van der Waals surface area contributed by atoms with Crippen LogP contribution >= 0.6 is 0 Å². The van der Waals surface area contributed by atoms with Gasteiger partial charge in [-0.2, -0.15) is 0 Å². The Morgan fingerprint density at radius 2 is 2.00 bits per heavy atom. The van der Waals surface area contributed by atoms with Gasteiger partial charge in [0, 0.05) is 12.1 Å². The average Bonchev–Trinajstić information content (AvgIpc) is 2.47. The molecule has 1 atom stereocenters. The van der Waals surface area contributed by atoms with Crippen molar-refractivity contribution in [3.8, 4) is 5.75 Å². The normalized spacial score (nSPS) is 17.8. The summed E-state index contributed by atoms with van der Waals surface area (Å²) in [6.45, 7) is 6.51. The summed E-state index contributed by atoms with van der Waals surface area (Å²) < 4.78 is 5.43. The van der Waals surface area contributed by atoms with Crippen LogP contribution in [0.5, 0.6) is 5.75 Å². The molecular weight excluding hydrogens is 292 g/mol. The zero-order valence-electron chi connectivity index (χ0n) is 14.5. The first-order valence-electron chi connectivity index (χ1n) is 8.15. The quantitative estimate of drug-likeness (QED) is 0.781. The number of nitrogens with one attached hydrogen (secondary N) is 2. The fourth-order valence-electron chi connectivity index (χ4n) is 2.85. The van der Waals surface area contributed by atoms with Crippen LogP contribution in [0.15, 0.2) is 24.3 Å². The summed E-state index contributed by atoms with van der Waals surface area (Å²) in [4.78, 5) is 12.3. The van der Waals surface area contributed by atoms with Gasteiger partial charge in [0.15, 0.2) is 0 Å². The lowest BCUT2D eigenvalue weighted by Crippen LogP contribution is -2.51. The van der Waals surface area contributed by atoms with E-state index in [4.69, 9.17) is 4.74 Å². The van der Waals surface area contributed by atoms with E-state index < -0.39 is 5.60 Å². The number of ether oxygens (including phenoxy) is 1. The Morgan fingerprint density at radius 3 is 2.52 bits per heavy atom. The van der Waals surface area contributed by atoms with E-state index in [1.54, 1.807) is 7.11 Å². The summed E-state index contributed by atoms with van der Waals surface area (Å²) in [5.41, 5.74) is 0.0400. The minimum atomic E-state index is -0.723. The Bertz CT molecular complexity index is 547. The number of carbonyl (C=O) groups is 1. The zero-order valence-corrected chi connectivity index (χ0v) is 14.5. The van der Waals surface area contributed by atoms with Crippen LogP contribution < -0.4 is 15.4 Å². The van der Waals surface area contributed by atoms with Gasteiger partial charge < -0.3 is 20.5 Å². The van der Waals surface area contributed by atoms with Crippen LogP contribution in [0, 0.1) is 5.41 Å². The number of carbonyl (C=O) groups excluding carboxylic acids is 1. The first kappa shape index (κ1) is 17.6. The Labute approximate surface area is 138 Å². The predicted molar refractivity (Wildman–Crippen MR) is 90.5 cm³/mol. The summed E-state index contributed by atoms with van der Waals surface area (Å²) in [7, 11) is 1.63. The lowest BCUT2D eigenvalue weighted by molar-refractivity contribution is -0.0291. The van der Waals surface area contributed by atoms with Crippen molar-refractivity contribution in [3.63, 3.8) is 0 Å². The maximum atomic E-state index is 12.3. The van der Waals surface area contributed by atoms with Gasteiger partial charge in [0.1, 0.15) is 5.75 Å². The molecule has 1 aliphatic carbocycles. The molecule has 23 heavy (non-hydrogen) atoms. The number of hydrogen-bond acceptors (Lipinski definition) is 3. The number of amides is 2. The van der Waals surface area contributed by atoms with Crippen molar-refractivity contribution in [2.24, 2.45) is 5.41 Å². The molecule has 1 aromatic rings. The average molecular weight is 320 g/mol. The smallest absolute Gasteiger partial charge is 0.315 e. The third kappa shape index (κ3) is 4.38. The molecule has 0 spiro atoms. The molecule has 0 saturated heterocycles. The molecule has 1 saturated carbocycles. The third-order valence-electron chi connectivity index (χ3n) is 4.45. The predicted octanol–water partition coefficient (Wildman–Crippen LogP) is 3.00. The van der Waals surface area contributed by atoms with Crippen molar-refractivity contribution < 1.29 is 14.6 Å². The minimum Gasteiger partial charge on any atom is -0.496 e. The first-order valence-corrected chi connectivity index (χ1v) is 8.15. The number of para-hydroxylation sites is 1. The highest BCUT2D eigenvalue weighted by Crippen LogP contribution is 2.37. The van der Waals surface area contributed by atoms with Gasteiger partial charge in [-0.15, -0.1) is 0 Å². The molecule has 0 radical (unpaired) electrons. The molecule has 0 aliphatic heterocycles. The second-order valence-corrected chi connectivity index (χ2v) is 7.45. The molecule has 0 aromatic heterocycles. The van der Waals surface area contributed by atoms with Crippen LogP contribution in [-0.4, -0.2) is 30.4 Å². The Kier molecular flexibility index (Phi) is 5.19. The van der Waals surface area contributed by atoms with Crippen LogP contribution in [-0.2, 0) is 0 Å². The van der Waals surface area contributed by atoms with Crippen molar-refractivity contribution in [2.45, 2.75) is 51.7 Å². The van der Waals surface area contributed by atoms with Crippen LogP contribution in [0.2, 0.25) is 0 Å². The first-order chi connectivity index (χ1) is 10.7. The fraction of sp³-hybridized carbons (Fsp3) is 0.611. The van der Waals surface area contributed by atoms with Gasteiger partial charge >= 0.3 is 6.03 Å². The molecular formula is C18H28N2O3. The fourth-order valence-corrected chi connectivity index (χ4v) is 2.85. The van der Waals surface area contributed by atoms with E-state index in [2.05, 4.69) is 31.4 Å². The van der Waals surface area contributed by atoms with Crippen molar-refractivity contribution in [2.75, 3.05) is 13.7 Å². The third-order valence-corrected chi connectivity index (χ3v) is 4.45. The molecule has 1 aliphatic rings. The molecule has 128 valence electrons. The minimum absolute atomic E-state index is 0.181. The molecule has 1 fully saturated rings. The van der Waals surface area contributed by atoms with E-state index in [1.165, 1.54) is 0 Å². The maximum Gasteiger partial charge on any atom is 0.315 e. The van der Waals surface area contributed by atoms with E-state index in [9.17, 15) is 9.90 Å². The van der Waals surface area contributed by atoms with E-state index in [0.29, 0.717) is 6.54 Å². The number of aliphatic hydroxyl groups is 1. The van der Waals surface area contributed by atoms with Crippen molar-refractivity contribution in [1.82, 2.24) is 10.6 Å². The van der Waals surface area contributed by atoms with Crippen LogP contribution in [0.4, 0.5) is 4.79 Å². The molecule has 2 rings (SSSR count). The van der Waals surface area contributed by atoms with Gasteiger partial charge in [0.05, 0.1) is 18.8 Å². The van der Waals surface area contributed by atoms with Crippen LogP contribution in [0.3, 0.4) is 0 Å². The summed E-state index contributed by atoms with van der Waals surface area (Å²) in [6, 6.07) is 7.24. The molecule has 0 heterocycles. The van der Waals surface area contributed by atoms with Gasteiger partial charge in [-0.25, -0.2) is 4.79 Å².